The van der Waals surface area contributed by atoms with Gasteiger partial charge in [0.05, 0.1) is 15.8 Å². The van der Waals surface area contributed by atoms with Gasteiger partial charge in [-0.25, -0.2) is 0 Å². The van der Waals surface area contributed by atoms with Crippen molar-refractivity contribution in [3.05, 3.63) is 45.7 Å². The SMILES string of the molecule is COc1ccc(CSc2cccs2)cc1Br. The summed E-state index contributed by atoms with van der Waals surface area (Å²) < 4.78 is 7.57. The Kier molecular flexibility index (Phi) is 4.32. The Bertz CT molecular complexity index is 454. The molecule has 16 heavy (non-hydrogen) atoms. The summed E-state index contributed by atoms with van der Waals surface area (Å²) in [5, 5.41) is 2.10. The van der Waals surface area contributed by atoms with Gasteiger partial charge in [-0.15, -0.1) is 23.1 Å². The van der Waals surface area contributed by atoms with Gasteiger partial charge in [0.25, 0.3) is 0 Å². The van der Waals surface area contributed by atoms with Gasteiger partial charge in [-0.2, -0.15) is 0 Å². The van der Waals surface area contributed by atoms with Crippen LogP contribution < -0.4 is 4.74 Å². The van der Waals surface area contributed by atoms with Crippen LogP contribution in [-0.4, -0.2) is 7.11 Å². The van der Waals surface area contributed by atoms with Crippen LogP contribution in [0.25, 0.3) is 0 Å². The molecule has 0 N–H and O–H groups in total. The fourth-order valence-corrected chi connectivity index (χ4v) is 3.62. The standard InChI is InChI=1S/C12H11BrOS2/c1-14-11-5-4-9(7-10(11)13)8-16-12-3-2-6-15-12/h2-7H,8H2,1H3. The predicted molar refractivity (Wildman–Crippen MR) is 74.6 cm³/mol. The highest BCUT2D eigenvalue weighted by Crippen LogP contribution is 2.30. The van der Waals surface area contributed by atoms with Crippen molar-refractivity contribution in [3.63, 3.8) is 0 Å². The molecule has 2 rings (SSSR count). The Balaban J connectivity index is 2.02. The lowest BCUT2D eigenvalue weighted by molar-refractivity contribution is 0.412. The Labute approximate surface area is 112 Å². The van der Waals surface area contributed by atoms with Crippen LogP contribution in [0.3, 0.4) is 0 Å². The Hall–Kier alpha value is -0.450. The molecule has 1 heterocycles. The van der Waals surface area contributed by atoms with Gasteiger partial charge >= 0.3 is 0 Å². The van der Waals surface area contributed by atoms with Crippen molar-refractivity contribution in [3.8, 4) is 5.75 Å². The Morgan fingerprint density at radius 2 is 2.25 bits per heavy atom. The second-order valence-corrected chi connectivity index (χ2v) is 6.27. The molecule has 0 radical (unpaired) electrons. The lowest BCUT2D eigenvalue weighted by Crippen LogP contribution is -1.86. The molecule has 0 bridgehead atoms. The summed E-state index contributed by atoms with van der Waals surface area (Å²) >= 11 is 7.13. The number of methoxy groups -OCH3 is 1. The summed E-state index contributed by atoms with van der Waals surface area (Å²) in [5.74, 6) is 1.87. The largest absolute Gasteiger partial charge is 0.496 e. The third-order valence-electron chi connectivity index (χ3n) is 2.09. The molecule has 0 atom stereocenters. The summed E-state index contributed by atoms with van der Waals surface area (Å²) in [5.41, 5.74) is 1.30. The minimum Gasteiger partial charge on any atom is -0.496 e. The van der Waals surface area contributed by atoms with E-state index in [-0.39, 0.29) is 0 Å². The number of hydrogen-bond acceptors (Lipinski definition) is 3. The molecule has 0 aliphatic rings. The molecule has 4 heteroatoms. The molecule has 1 nitrogen and oxygen atoms in total. The van der Waals surface area contributed by atoms with Crippen LogP contribution in [0.1, 0.15) is 5.56 Å². The zero-order valence-electron chi connectivity index (χ0n) is 8.77. The normalized spacial score (nSPS) is 10.4. The number of halogens is 1. The summed E-state index contributed by atoms with van der Waals surface area (Å²) in [6.07, 6.45) is 0. The van der Waals surface area contributed by atoms with E-state index < -0.39 is 0 Å². The molecule has 2 aromatic rings. The molecular formula is C12H11BrOS2. The first-order valence-electron chi connectivity index (χ1n) is 4.78. The zero-order chi connectivity index (χ0) is 11.4. The van der Waals surface area contributed by atoms with Crippen LogP contribution in [0.5, 0.6) is 5.75 Å². The first-order chi connectivity index (χ1) is 7.79. The fourth-order valence-electron chi connectivity index (χ4n) is 1.30. The van der Waals surface area contributed by atoms with E-state index in [4.69, 9.17) is 4.74 Å². The van der Waals surface area contributed by atoms with Crippen LogP contribution in [0.15, 0.2) is 44.4 Å². The quantitative estimate of drug-likeness (QED) is 0.749. The third-order valence-corrected chi connectivity index (χ3v) is 4.91. The van der Waals surface area contributed by atoms with E-state index in [1.807, 2.05) is 17.8 Å². The number of benzene rings is 1. The van der Waals surface area contributed by atoms with E-state index in [2.05, 4.69) is 45.6 Å². The lowest BCUT2D eigenvalue weighted by Gasteiger charge is -2.05. The van der Waals surface area contributed by atoms with Gasteiger partial charge in [0.2, 0.25) is 0 Å². The Morgan fingerprint density at radius 3 is 2.88 bits per heavy atom. The first kappa shape index (κ1) is 12.0. The topological polar surface area (TPSA) is 9.23 Å². The highest BCUT2D eigenvalue weighted by molar-refractivity contribution is 9.10. The zero-order valence-corrected chi connectivity index (χ0v) is 12.0. The van der Waals surface area contributed by atoms with Crippen molar-refractivity contribution in [2.75, 3.05) is 7.11 Å². The van der Waals surface area contributed by atoms with E-state index in [9.17, 15) is 0 Å². The number of rotatable bonds is 4. The molecule has 0 aliphatic carbocycles. The van der Waals surface area contributed by atoms with E-state index in [0.29, 0.717) is 0 Å². The summed E-state index contributed by atoms with van der Waals surface area (Å²) in [7, 11) is 1.68. The molecular weight excluding hydrogens is 304 g/mol. The second kappa shape index (κ2) is 5.75. The number of thiophene rings is 1. The van der Waals surface area contributed by atoms with Crippen LogP contribution in [0, 0.1) is 0 Å². The highest BCUT2D eigenvalue weighted by atomic mass is 79.9. The van der Waals surface area contributed by atoms with Crippen molar-refractivity contribution in [1.29, 1.82) is 0 Å². The maximum absolute atomic E-state index is 5.20. The maximum atomic E-state index is 5.20. The van der Waals surface area contributed by atoms with E-state index in [1.54, 1.807) is 18.4 Å². The van der Waals surface area contributed by atoms with Crippen LogP contribution >= 0.6 is 39.0 Å². The van der Waals surface area contributed by atoms with Crippen LogP contribution in [0.4, 0.5) is 0 Å². The molecule has 1 aromatic carbocycles. The third kappa shape index (κ3) is 3.03. The molecule has 1 aromatic heterocycles. The summed E-state index contributed by atoms with van der Waals surface area (Å²) in [4.78, 5) is 0. The van der Waals surface area contributed by atoms with Gasteiger partial charge in [0.15, 0.2) is 0 Å². The average molecular weight is 315 g/mol. The molecule has 0 spiro atoms. The molecule has 84 valence electrons. The van der Waals surface area contributed by atoms with E-state index in [0.717, 1.165) is 16.0 Å². The van der Waals surface area contributed by atoms with Gasteiger partial charge in [-0.1, -0.05) is 12.1 Å². The Morgan fingerprint density at radius 1 is 1.38 bits per heavy atom. The van der Waals surface area contributed by atoms with E-state index in [1.165, 1.54) is 9.77 Å². The van der Waals surface area contributed by atoms with Crippen LogP contribution in [0.2, 0.25) is 0 Å². The van der Waals surface area contributed by atoms with Gasteiger partial charge in [-0.05, 0) is 45.1 Å². The lowest BCUT2D eigenvalue weighted by atomic mass is 10.2. The van der Waals surface area contributed by atoms with Crippen LogP contribution in [-0.2, 0) is 5.75 Å². The number of thioether (sulfide) groups is 1. The number of hydrogen-bond donors (Lipinski definition) is 0. The van der Waals surface area contributed by atoms with Gasteiger partial charge < -0.3 is 4.74 Å². The molecule has 0 amide bonds. The number of ether oxygens (including phenoxy) is 1. The van der Waals surface area contributed by atoms with E-state index >= 15 is 0 Å². The fraction of sp³-hybridized carbons (Fsp3) is 0.167. The van der Waals surface area contributed by atoms with Crippen molar-refractivity contribution >= 4 is 39.0 Å². The first-order valence-corrected chi connectivity index (χ1v) is 7.44. The molecule has 0 fully saturated rings. The summed E-state index contributed by atoms with van der Waals surface area (Å²) in [6.45, 7) is 0. The molecule has 0 saturated carbocycles. The predicted octanol–water partition coefficient (Wildman–Crippen LogP) is 4.81. The van der Waals surface area contributed by atoms with Crippen molar-refractivity contribution in [1.82, 2.24) is 0 Å². The highest BCUT2D eigenvalue weighted by Gasteiger charge is 2.02. The maximum Gasteiger partial charge on any atom is 0.133 e. The smallest absolute Gasteiger partial charge is 0.133 e. The van der Waals surface area contributed by atoms with Gasteiger partial charge in [-0.3, -0.25) is 0 Å². The minimum absolute atomic E-state index is 0.880. The summed E-state index contributed by atoms with van der Waals surface area (Å²) in [6, 6.07) is 10.4. The van der Waals surface area contributed by atoms with Gasteiger partial charge in [0, 0.05) is 5.75 Å². The molecule has 0 unspecified atom stereocenters. The van der Waals surface area contributed by atoms with Gasteiger partial charge in [0.1, 0.15) is 5.75 Å². The average Bonchev–Trinajstić information content (AvgIpc) is 2.79. The van der Waals surface area contributed by atoms with Crippen molar-refractivity contribution in [2.45, 2.75) is 9.96 Å². The monoisotopic (exact) mass is 314 g/mol. The second-order valence-electron chi connectivity index (χ2n) is 3.19. The molecule has 0 saturated heterocycles. The van der Waals surface area contributed by atoms with Crippen molar-refractivity contribution in [2.24, 2.45) is 0 Å². The van der Waals surface area contributed by atoms with Crippen molar-refractivity contribution < 1.29 is 4.74 Å². The minimum atomic E-state index is 0.880. The molecule has 0 aliphatic heterocycles.